The Labute approximate surface area is 113 Å². The molecular weight excluding hydrogens is 240 g/mol. The molecule has 1 aliphatic heterocycles. The van der Waals surface area contributed by atoms with E-state index in [-0.39, 0.29) is 23.1 Å². The minimum absolute atomic E-state index is 0.0394. The zero-order valence-corrected chi connectivity index (χ0v) is 11.4. The number of hydrogen-bond acceptors (Lipinski definition) is 2. The van der Waals surface area contributed by atoms with Gasteiger partial charge in [-0.25, -0.2) is 0 Å². The average molecular weight is 260 g/mol. The highest BCUT2D eigenvalue weighted by Crippen LogP contribution is 2.22. The van der Waals surface area contributed by atoms with Crippen LogP contribution in [-0.4, -0.2) is 24.9 Å². The molecule has 0 radical (unpaired) electrons. The van der Waals surface area contributed by atoms with Gasteiger partial charge in [0.2, 0.25) is 11.8 Å². The summed E-state index contributed by atoms with van der Waals surface area (Å²) in [7, 11) is 0. The Hall–Kier alpha value is -1.84. The molecule has 1 unspecified atom stereocenters. The van der Waals surface area contributed by atoms with Crippen LogP contribution in [0.25, 0.3) is 0 Å². The van der Waals surface area contributed by atoms with Crippen molar-refractivity contribution in [3.8, 4) is 0 Å². The van der Waals surface area contributed by atoms with Crippen molar-refractivity contribution in [1.82, 2.24) is 10.6 Å². The Kier molecular flexibility index (Phi) is 3.88. The van der Waals surface area contributed by atoms with Gasteiger partial charge in [-0.2, -0.15) is 0 Å². The first-order valence-electron chi connectivity index (χ1n) is 6.59. The number of nitrogens with one attached hydrogen (secondary N) is 2. The molecule has 102 valence electrons. The maximum Gasteiger partial charge on any atom is 0.225 e. The SMILES string of the molecule is CC(C)(CNC(=O)C1CNC(=O)C1)c1ccccc1. The molecular formula is C15H20N2O2. The Morgan fingerprint density at radius 3 is 2.63 bits per heavy atom. The standard InChI is InChI=1S/C15H20N2O2/c1-15(2,12-6-4-3-5-7-12)10-17-14(19)11-8-13(18)16-9-11/h3-7,11H,8-10H2,1-2H3,(H,16,18)(H,17,19). The van der Waals surface area contributed by atoms with E-state index in [9.17, 15) is 9.59 Å². The molecule has 4 nitrogen and oxygen atoms in total. The quantitative estimate of drug-likeness (QED) is 0.855. The van der Waals surface area contributed by atoms with Crippen LogP contribution in [0.3, 0.4) is 0 Å². The molecule has 1 aromatic rings. The molecule has 0 aromatic heterocycles. The van der Waals surface area contributed by atoms with E-state index < -0.39 is 0 Å². The third-order valence-corrected chi connectivity index (χ3v) is 3.61. The van der Waals surface area contributed by atoms with Gasteiger partial charge in [-0.1, -0.05) is 44.2 Å². The third-order valence-electron chi connectivity index (χ3n) is 3.61. The van der Waals surface area contributed by atoms with Gasteiger partial charge in [0.05, 0.1) is 5.92 Å². The van der Waals surface area contributed by atoms with Crippen LogP contribution in [0.5, 0.6) is 0 Å². The normalized spacial score (nSPS) is 19.1. The highest BCUT2D eigenvalue weighted by Gasteiger charge is 2.29. The van der Waals surface area contributed by atoms with Crippen LogP contribution in [0.4, 0.5) is 0 Å². The summed E-state index contributed by atoms with van der Waals surface area (Å²) in [6.45, 7) is 5.22. The molecule has 1 fully saturated rings. The van der Waals surface area contributed by atoms with Gasteiger partial charge in [-0.05, 0) is 5.56 Å². The minimum atomic E-state index is -0.223. The summed E-state index contributed by atoms with van der Waals surface area (Å²) in [5.41, 5.74) is 1.07. The Bertz CT molecular complexity index is 468. The van der Waals surface area contributed by atoms with E-state index in [2.05, 4.69) is 36.6 Å². The zero-order chi connectivity index (χ0) is 13.9. The molecule has 1 saturated heterocycles. The first-order valence-corrected chi connectivity index (χ1v) is 6.59. The number of benzene rings is 1. The number of amides is 2. The maximum atomic E-state index is 12.0. The van der Waals surface area contributed by atoms with Crippen molar-refractivity contribution in [2.75, 3.05) is 13.1 Å². The van der Waals surface area contributed by atoms with E-state index in [1.54, 1.807) is 0 Å². The highest BCUT2D eigenvalue weighted by molar-refractivity contribution is 5.89. The molecule has 1 atom stereocenters. The van der Waals surface area contributed by atoms with Crippen molar-refractivity contribution in [3.63, 3.8) is 0 Å². The number of hydrogen-bond donors (Lipinski definition) is 2. The van der Waals surface area contributed by atoms with E-state index >= 15 is 0 Å². The van der Waals surface area contributed by atoms with E-state index in [1.165, 1.54) is 5.56 Å². The molecule has 2 rings (SSSR count). The molecule has 1 aromatic carbocycles. The van der Waals surface area contributed by atoms with E-state index in [4.69, 9.17) is 0 Å². The molecule has 1 aliphatic rings. The van der Waals surface area contributed by atoms with Crippen molar-refractivity contribution in [3.05, 3.63) is 35.9 Å². The number of carbonyl (C=O) groups is 2. The van der Waals surface area contributed by atoms with Gasteiger partial charge >= 0.3 is 0 Å². The largest absolute Gasteiger partial charge is 0.355 e. The van der Waals surface area contributed by atoms with Gasteiger partial charge in [0.1, 0.15) is 0 Å². The van der Waals surface area contributed by atoms with Crippen LogP contribution in [0.2, 0.25) is 0 Å². The van der Waals surface area contributed by atoms with Crippen LogP contribution in [0.1, 0.15) is 25.8 Å². The van der Waals surface area contributed by atoms with Gasteiger partial charge in [0.25, 0.3) is 0 Å². The smallest absolute Gasteiger partial charge is 0.225 e. The van der Waals surface area contributed by atoms with Crippen molar-refractivity contribution in [1.29, 1.82) is 0 Å². The lowest BCUT2D eigenvalue weighted by atomic mass is 9.84. The Balaban J connectivity index is 1.91. The highest BCUT2D eigenvalue weighted by atomic mass is 16.2. The Morgan fingerprint density at radius 2 is 2.05 bits per heavy atom. The van der Waals surface area contributed by atoms with Crippen molar-refractivity contribution in [2.24, 2.45) is 5.92 Å². The topological polar surface area (TPSA) is 58.2 Å². The van der Waals surface area contributed by atoms with Crippen molar-refractivity contribution in [2.45, 2.75) is 25.7 Å². The first kappa shape index (κ1) is 13.6. The molecule has 19 heavy (non-hydrogen) atoms. The van der Waals surface area contributed by atoms with Gasteiger partial charge < -0.3 is 10.6 Å². The Morgan fingerprint density at radius 1 is 1.37 bits per heavy atom. The fourth-order valence-electron chi connectivity index (χ4n) is 2.23. The van der Waals surface area contributed by atoms with Crippen LogP contribution in [0.15, 0.2) is 30.3 Å². The van der Waals surface area contributed by atoms with E-state index in [0.717, 1.165) is 0 Å². The number of rotatable bonds is 4. The van der Waals surface area contributed by atoms with Gasteiger partial charge in [0, 0.05) is 24.9 Å². The van der Waals surface area contributed by atoms with Crippen LogP contribution >= 0.6 is 0 Å². The van der Waals surface area contributed by atoms with Crippen LogP contribution < -0.4 is 10.6 Å². The predicted molar refractivity (Wildman–Crippen MR) is 73.6 cm³/mol. The summed E-state index contributed by atoms with van der Waals surface area (Å²) >= 11 is 0. The molecule has 1 heterocycles. The summed E-state index contributed by atoms with van der Waals surface area (Å²) in [4.78, 5) is 23.1. The summed E-state index contributed by atoms with van der Waals surface area (Å²) in [6, 6.07) is 10.1. The van der Waals surface area contributed by atoms with Gasteiger partial charge in [-0.3, -0.25) is 9.59 Å². The molecule has 2 amide bonds. The molecule has 2 N–H and O–H groups in total. The van der Waals surface area contributed by atoms with Gasteiger partial charge in [-0.15, -0.1) is 0 Å². The fraction of sp³-hybridized carbons (Fsp3) is 0.467. The van der Waals surface area contributed by atoms with Crippen molar-refractivity contribution >= 4 is 11.8 Å². The monoisotopic (exact) mass is 260 g/mol. The second kappa shape index (κ2) is 5.43. The van der Waals surface area contributed by atoms with Crippen LogP contribution in [0, 0.1) is 5.92 Å². The fourth-order valence-corrected chi connectivity index (χ4v) is 2.23. The van der Waals surface area contributed by atoms with Crippen LogP contribution in [-0.2, 0) is 15.0 Å². The average Bonchev–Trinajstić information content (AvgIpc) is 2.84. The first-order chi connectivity index (χ1) is 8.99. The lowest BCUT2D eigenvalue weighted by Crippen LogP contribution is -2.40. The molecule has 0 bridgehead atoms. The van der Waals surface area contributed by atoms with Gasteiger partial charge in [0.15, 0.2) is 0 Å². The summed E-state index contributed by atoms with van der Waals surface area (Å²) in [5.74, 6) is -0.302. The number of carbonyl (C=O) groups excluding carboxylic acids is 2. The lowest BCUT2D eigenvalue weighted by Gasteiger charge is -2.26. The zero-order valence-electron chi connectivity index (χ0n) is 11.4. The molecule has 0 saturated carbocycles. The summed E-state index contributed by atoms with van der Waals surface area (Å²) in [6.07, 6.45) is 0.303. The van der Waals surface area contributed by atoms with Crippen molar-refractivity contribution < 1.29 is 9.59 Å². The molecule has 0 spiro atoms. The molecule has 4 heteroatoms. The second-order valence-electron chi connectivity index (χ2n) is 5.67. The second-order valence-corrected chi connectivity index (χ2v) is 5.67. The summed E-state index contributed by atoms with van der Waals surface area (Å²) in [5, 5.41) is 5.63. The molecule has 0 aliphatic carbocycles. The third kappa shape index (κ3) is 3.34. The predicted octanol–water partition coefficient (Wildman–Crippen LogP) is 1.22. The van der Waals surface area contributed by atoms with E-state index in [1.807, 2.05) is 18.2 Å². The summed E-state index contributed by atoms with van der Waals surface area (Å²) < 4.78 is 0. The minimum Gasteiger partial charge on any atom is -0.355 e. The maximum absolute atomic E-state index is 12.0. The lowest BCUT2D eigenvalue weighted by molar-refractivity contribution is -0.126. The van der Waals surface area contributed by atoms with E-state index in [0.29, 0.717) is 19.5 Å².